The van der Waals surface area contributed by atoms with Gasteiger partial charge in [-0.3, -0.25) is 0 Å². The third-order valence-corrected chi connectivity index (χ3v) is 2.18. The first-order chi connectivity index (χ1) is 7.77. The number of nitrogens with zero attached hydrogens (tertiary/aromatic N) is 3. The first-order valence-corrected chi connectivity index (χ1v) is 4.96. The normalized spacial score (nSPS) is 9.75. The summed E-state index contributed by atoms with van der Waals surface area (Å²) in [4.78, 5) is 22.1. The molecule has 0 saturated carbocycles. The fourth-order valence-corrected chi connectivity index (χ4v) is 1.38. The Labute approximate surface area is 93.4 Å². The Balaban J connectivity index is 2.69. The second kappa shape index (κ2) is 6.49. The maximum atomic E-state index is 10.1. The van der Waals surface area contributed by atoms with Crippen molar-refractivity contribution in [1.82, 2.24) is 0 Å². The molecule has 2 N–H and O–H groups in total. The van der Waals surface area contributed by atoms with Gasteiger partial charge in [-0.05, 0) is 24.3 Å². The van der Waals surface area contributed by atoms with E-state index in [1.807, 2.05) is 17.0 Å². The molecule has 0 bridgehead atoms. The van der Waals surface area contributed by atoms with E-state index in [2.05, 4.69) is 10.4 Å². The molecular formula is C10H14N4O2. The molecule has 0 heterocycles. The van der Waals surface area contributed by atoms with Crippen molar-refractivity contribution < 1.29 is 0 Å². The average Bonchev–Trinajstić information content (AvgIpc) is 2.31. The zero-order valence-electron chi connectivity index (χ0n) is 8.87. The zero-order valence-corrected chi connectivity index (χ0v) is 8.87. The lowest BCUT2D eigenvalue weighted by Crippen LogP contribution is -2.28. The van der Waals surface area contributed by atoms with Crippen LogP contribution in [0, 0.1) is 9.81 Å². The molecule has 0 aliphatic carbocycles. The lowest BCUT2D eigenvalue weighted by Gasteiger charge is -2.22. The number of nitrogens with two attached hydrogens (primary N) is 1. The van der Waals surface area contributed by atoms with Gasteiger partial charge in [0.25, 0.3) is 0 Å². The van der Waals surface area contributed by atoms with Crippen molar-refractivity contribution in [3.63, 3.8) is 0 Å². The van der Waals surface area contributed by atoms with Crippen LogP contribution in [0.3, 0.4) is 0 Å². The van der Waals surface area contributed by atoms with Crippen LogP contribution in [0.25, 0.3) is 0 Å². The van der Waals surface area contributed by atoms with Gasteiger partial charge in [-0.1, -0.05) is 10.4 Å². The average molecular weight is 222 g/mol. The van der Waals surface area contributed by atoms with Crippen molar-refractivity contribution in [2.24, 2.45) is 10.4 Å². The van der Waals surface area contributed by atoms with E-state index in [0.29, 0.717) is 18.8 Å². The van der Waals surface area contributed by atoms with Crippen molar-refractivity contribution in [3.05, 3.63) is 34.1 Å². The number of rotatable bonds is 7. The van der Waals surface area contributed by atoms with E-state index >= 15 is 0 Å². The first kappa shape index (κ1) is 12.1. The fourth-order valence-electron chi connectivity index (χ4n) is 1.38. The summed E-state index contributed by atoms with van der Waals surface area (Å²) < 4.78 is 0. The molecule has 0 radical (unpaired) electrons. The maximum Gasteiger partial charge on any atom is 0.0986 e. The number of hydrogen-bond acceptors (Lipinski definition) is 6. The van der Waals surface area contributed by atoms with Gasteiger partial charge in [-0.25, -0.2) is 0 Å². The molecule has 6 heteroatoms. The Morgan fingerprint density at radius 2 is 1.50 bits per heavy atom. The van der Waals surface area contributed by atoms with Crippen LogP contribution in [0.5, 0.6) is 0 Å². The van der Waals surface area contributed by atoms with Gasteiger partial charge < -0.3 is 10.6 Å². The molecule has 6 nitrogen and oxygen atoms in total. The summed E-state index contributed by atoms with van der Waals surface area (Å²) in [5, 5.41) is 5.60. The van der Waals surface area contributed by atoms with Crippen molar-refractivity contribution in [2.45, 2.75) is 0 Å². The highest BCUT2D eigenvalue weighted by Crippen LogP contribution is 2.15. The number of anilines is 2. The summed E-state index contributed by atoms with van der Waals surface area (Å²) in [7, 11) is 0. The molecule has 0 fully saturated rings. The number of benzene rings is 1. The predicted molar refractivity (Wildman–Crippen MR) is 64.4 cm³/mol. The monoisotopic (exact) mass is 222 g/mol. The van der Waals surface area contributed by atoms with Gasteiger partial charge in [0.15, 0.2) is 0 Å². The minimum atomic E-state index is 0.184. The Morgan fingerprint density at radius 3 is 1.94 bits per heavy atom. The Bertz CT molecular complexity index is 327. The lowest BCUT2D eigenvalue weighted by molar-refractivity contribution is 0.780. The van der Waals surface area contributed by atoms with Crippen LogP contribution in [-0.2, 0) is 0 Å². The Hall–Kier alpha value is -1.98. The van der Waals surface area contributed by atoms with Crippen LogP contribution in [0.4, 0.5) is 11.4 Å². The van der Waals surface area contributed by atoms with E-state index in [-0.39, 0.29) is 13.1 Å². The molecule has 0 saturated heterocycles. The van der Waals surface area contributed by atoms with Crippen molar-refractivity contribution >= 4 is 11.4 Å². The van der Waals surface area contributed by atoms with Crippen LogP contribution >= 0.6 is 0 Å². The summed E-state index contributed by atoms with van der Waals surface area (Å²) in [6.45, 7) is 1.32. The molecule has 0 spiro atoms. The lowest BCUT2D eigenvalue weighted by atomic mass is 10.2. The minimum absolute atomic E-state index is 0.184. The van der Waals surface area contributed by atoms with E-state index in [1.165, 1.54) is 0 Å². The van der Waals surface area contributed by atoms with Gasteiger partial charge in [-0.2, -0.15) is 9.81 Å². The highest BCUT2D eigenvalue weighted by molar-refractivity contribution is 5.53. The minimum Gasteiger partial charge on any atom is -0.399 e. The second-order valence-electron chi connectivity index (χ2n) is 3.28. The highest BCUT2D eigenvalue weighted by Gasteiger charge is 2.05. The smallest absolute Gasteiger partial charge is 0.0986 e. The molecule has 1 aromatic rings. The third-order valence-electron chi connectivity index (χ3n) is 2.18. The summed E-state index contributed by atoms with van der Waals surface area (Å²) in [6, 6.07) is 7.21. The van der Waals surface area contributed by atoms with Crippen LogP contribution < -0.4 is 10.6 Å². The third kappa shape index (κ3) is 3.64. The van der Waals surface area contributed by atoms with E-state index in [0.717, 1.165) is 5.69 Å². The van der Waals surface area contributed by atoms with Crippen LogP contribution in [0.1, 0.15) is 0 Å². The molecule has 0 aliphatic rings. The molecule has 16 heavy (non-hydrogen) atoms. The Morgan fingerprint density at radius 1 is 1.00 bits per heavy atom. The number of nitrogen functional groups attached to an aromatic ring is 1. The van der Waals surface area contributed by atoms with Gasteiger partial charge >= 0.3 is 0 Å². The molecular weight excluding hydrogens is 208 g/mol. The van der Waals surface area contributed by atoms with Crippen molar-refractivity contribution in [2.75, 3.05) is 36.8 Å². The molecule has 0 aliphatic heterocycles. The highest BCUT2D eigenvalue weighted by atomic mass is 16.3. The van der Waals surface area contributed by atoms with Gasteiger partial charge in [0.1, 0.15) is 0 Å². The topological polar surface area (TPSA) is 88.1 Å². The van der Waals surface area contributed by atoms with Crippen molar-refractivity contribution in [1.29, 1.82) is 0 Å². The zero-order chi connectivity index (χ0) is 11.8. The fraction of sp³-hybridized carbons (Fsp3) is 0.400. The molecule has 0 atom stereocenters. The van der Waals surface area contributed by atoms with Crippen LogP contribution in [0.2, 0.25) is 0 Å². The van der Waals surface area contributed by atoms with Gasteiger partial charge in [0.05, 0.1) is 13.1 Å². The van der Waals surface area contributed by atoms with E-state index in [4.69, 9.17) is 5.73 Å². The van der Waals surface area contributed by atoms with E-state index in [1.54, 1.807) is 12.1 Å². The second-order valence-corrected chi connectivity index (χ2v) is 3.28. The van der Waals surface area contributed by atoms with Crippen LogP contribution in [-0.4, -0.2) is 26.2 Å². The number of nitroso groups, excluding NO2 is 2. The van der Waals surface area contributed by atoms with Crippen molar-refractivity contribution in [3.8, 4) is 0 Å². The summed E-state index contributed by atoms with van der Waals surface area (Å²) in [5.74, 6) is 0. The first-order valence-electron chi connectivity index (χ1n) is 4.96. The van der Waals surface area contributed by atoms with Crippen LogP contribution in [0.15, 0.2) is 34.6 Å². The number of hydrogen-bond donors (Lipinski definition) is 1. The molecule has 86 valence electrons. The summed E-state index contributed by atoms with van der Waals surface area (Å²) >= 11 is 0. The molecule has 0 aromatic heterocycles. The van der Waals surface area contributed by atoms with E-state index in [9.17, 15) is 9.81 Å². The molecule has 1 aromatic carbocycles. The van der Waals surface area contributed by atoms with Gasteiger partial charge in [0, 0.05) is 24.5 Å². The quantitative estimate of drug-likeness (QED) is 0.560. The standard InChI is InChI=1S/C10H14N4O2/c11-9-1-3-10(4-2-9)14(7-5-12-15)8-6-13-16/h1-4H,5-8,11H2. The summed E-state index contributed by atoms with van der Waals surface area (Å²) in [6.07, 6.45) is 0. The SMILES string of the molecule is Nc1ccc(N(CCN=O)CCN=O)cc1. The molecule has 1 rings (SSSR count). The Kier molecular flexibility index (Phi) is 4.91. The maximum absolute atomic E-state index is 10.1. The molecule has 0 unspecified atom stereocenters. The largest absolute Gasteiger partial charge is 0.399 e. The molecule has 0 amide bonds. The van der Waals surface area contributed by atoms with E-state index < -0.39 is 0 Å². The van der Waals surface area contributed by atoms with Gasteiger partial charge in [0.2, 0.25) is 0 Å². The predicted octanol–water partition coefficient (Wildman–Crippen LogP) is 1.61. The van der Waals surface area contributed by atoms with Gasteiger partial charge in [-0.15, -0.1) is 0 Å². The summed E-state index contributed by atoms with van der Waals surface area (Å²) in [5.41, 5.74) is 7.15.